The van der Waals surface area contributed by atoms with Gasteiger partial charge in [-0.1, -0.05) is 23.7 Å². The smallest absolute Gasteiger partial charge is 0.148 e. The first-order chi connectivity index (χ1) is 8.24. The van der Waals surface area contributed by atoms with Crippen LogP contribution in [0.1, 0.15) is 12.0 Å². The van der Waals surface area contributed by atoms with E-state index in [4.69, 9.17) is 17.3 Å². The van der Waals surface area contributed by atoms with Crippen molar-refractivity contribution in [2.75, 3.05) is 6.54 Å². The van der Waals surface area contributed by atoms with Crippen LogP contribution >= 0.6 is 11.6 Å². The molecule has 17 heavy (non-hydrogen) atoms. The van der Waals surface area contributed by atoms with Gasteiger partial charge in [0.05, 0.1) is 6.20 Å². The van der Waals surface area contributed by atoms with Crippen molar-refractivity contribution in [1.82, 2.24) is 9.78 Å². The second kappa shape index (κ2) is 5.29. The number of hydrogen-bond donors (Lipinski definition) is 1. The summed E-state index contributed by atoms with van der Waals surface area (Å²) in [4.78, 5) is 0. The maximum atomic E-state index is 13.6. The average molecular weight is 254 g/mol. The van der Waals surface area contributed by atoms with Crippen molar-refractivity contribution in [3.05, 3.63) is 47.0 Å². The van der Waals surface area contributed by atoms with Crippen LogP contribution in [0.2, 0.25) is 5.15 Å². The Morgan fingerprint density at radius 1 is 1.35 bits per heavy atom. The third-order valence-electron chi connectivity index (χ3n) is 2.51. The Labute approximate surface area is 104 Å². The summed E-state index contributed by atoms with van der Waals surface area (Å²) in [5.41, 5.74) is 6.69. The van der Waals surface area contributed by atoms with E-state index in [-0.39, 0.29) is 5.82 Å². The Morgan fingerprint density at radius 3 is 2.82 bits per heavy atom. The first-order valence-corrected chi connectivity index (χ1v) is 5.79. The minimum Gasteiger partial charge on any atom is -0.330 e. The second-order valence-corrected chi connectivity index (χ2v) is 4.07. The number of aryl methyl sites for hydroxylation is 1. The van der Waals surface area contributed by atoms with Gasteiger partial charge in [0.2, 0.25) is 0 Å². The molecule has 0 bridgehead atoms. The molecular formula is C12H13ClFN3. The van der Waals surface area contributed by atoms with Gasteiger partial charge in [-0.2, -0.15) is 5.10 Å². The van der Waals surface area contributed by atoms with Crippen LogP contribution in [0.15, 0.2) is 30.5 Å². The van der Waals surface area contributed by atoms with Gasteiger partial charge in [0.15, 0.2) is 0 Å². The fraction of sp³-hybridized carbons (Fsp3) is 0.250. The zero-order chi connectivity index (χ0) is 12.3. The van der Waals surface area contributed by atoms with Gasteiger partial charge in [-0.15, -0.1) is 0 Å². The Hall–Kier alpha value is -1.39. The molecule has 0 atom stereocenters. The van der Waals surface area contributed by atoms with Crippen LogP contribution in [0.4, 0.5) is 4.39 Å². The zero-order valence-electron chi connectivity index (χ0n) is 9.24. The SMILES string of the molecule is NCCCc1cnn(-c2ccccc2F)c1Cl. The molecule has 2 N–H and O–H groups in total. The molecule has 0 radical (unpaired) electrons. The molecule has 2 rings (SSSR count). The summed E-state index contributed by atoms with van der Waals surface area (Å²) in [6, 6.07) is 6.40. The van der Waals surface area contributed by atoms with Crippen molar-refractivity contribution in [2.45, 2.75) is 12.8 Å². The van der Waals surface area contributed by atoms with Crippen molar-refractivity contribution in [2.24, 2.45) is 5.73 Å². The molecule has 0 saturated heterocycles. The number of para-hydroxylation sites is 1. The number of rotatable bonds is 4. The molecular weight excluding hydrogens is 241 g/mol. The maximum Gasteiger partial charge on any atom is 0.148 e. The second-order valence-electron chi connectivity index (χ2n) is 3.72. The standard InChI is InChI=1S/C12H13ClFN3/c13-12-9(4-3-7-15)8-16-17(12)11-6-2-1-5-10(11)14/h1-2,5-6,8H,3-4,7,15H2. The normalized spacial score (nSPS) is 10.8. The molecule has 0 saturated carbocycles. The van der Waals surface area contributed by atoms with Crippen LogP contribution in [0.25, 0.3) is 5.69 Å². The molecule has 0 unspecified atom stereocenters. The summed E-state index contributed by atoms with van der Waals surface area (Å²) < 4.78 is 15.0. The van der Waals surface area contributed by atoms with Gasteiger partial charge >= 0.3 is 0 Å². The van der Waals surface area contributed by atoms with Gasteiger partial charge in [-0.3, -0.25) is 0 Å². The molecule has 1 aromatic heterocycles. The summed E-state index contributed by atoms with van der Waals surface area (Å²) in [6.07, 6.45) is 3.25. The highest BCUT2D eigenvalue weighted by Gasteiger charge is 2.12. The Morgan fingerprint density at radius 2 is 2.12 bits per heavy atom. The van der Waals surface area contributed by atoms with Crippen LogP contribution in [0.3, 0.4) is 0 Å². The third kappa shape index (κ3) is 2.48. The quantitative estimate of drug-likeness (QED) is 0.910. The first-order valence-electron chi connectivity index (χ1n) is 5.41. The van der Waals surface area contributed by atoms with E-state index in [0.717, 1.165) is 18.4 Å². The highest BCUT2D eigenvalue weighted by molar-refractivity contribution is 6.30. The fourth-order valence-corrected chi connectivity index (χ4v) is 1.90. The largest absolute Gasteiger partial charge is 0.330 e. The van der Waals surface area contributed by atoms with E-state index >= 15 is 0 Å². The Bertz CT molecular complexity index is 510. The van der Waals surface area contributed by atoms with Crippen molar-refractivity contribution >= 4 is 11.6 Å². The van der Waals surface area contributed by atoms with Crippen LogP contribution in [0, 0.1) is 5.82 Å². The lowest BCUT2D eigenvalue weighted by atomic mass is 10.2. The lowest BCUT2D eigenvalue weighted by molar-refractivity contribution is 0.611. The van der Waals surface area contributed by atoms with E-state index in [1.54, 1.807) is 24.4 Å². The summed E-state index contributed by atoms with van der Waals surface area (Å²) >= 11 is 6.16. The number of nitrogens with two attached hydrogens (primary N) is 1. The van der Waals surface area contributed by atoms with Crippen molar-refractivity contribution in [3.8, 4) is 5.69 Å². The van der Waals surface area contributed by atoms with Crippen molar-refractivity contribution in [1.29, 1.82) is 0 Å². The lowest BCUT2D eigenvalue weighted by Crippen LogP contribution is -2.01. The van der Waals surface area contributed by atoms with Crippen LogP contribution in [0.5, 0.6) is 0 Å². The van der Waals surface area contributed by atoms with Gasteiger partial charge in [0.25, 0.3) is 0 Å². The van der Waals surface area contributed by atoms with E-state index in [1.807, 2.05) is 0 Å². The molecule has 90 valence electrons. The van der Waals surface area contributed by atoms with E-state index in [0.29, 0.717) is 17.4 Å². The predicted molar refractivity (Wildman–Crippen MR) is 65.9 cm³/mol. The molecule has 1 heterocycles. The third-order valence-corrected chi connectivity index (χ3v) is 2.91. The van der Waals surface area contributed by atoms with Gasteiger partial charge in [-0.05, 0) is 31.5 Å². The van der Waals surface area contributed by atoms with E-state index in [2.05, 4.69) is 5.10 Å². The van der Waals surface area contributed by atoms with Gasteiger partial charge in [0.1, 0.15) is 16.7 Å². The van der Waals surface area contributed by atoms with Crippen LogP contribution < -0.4 is 5.73 Å². The minimum absolute atomic E-state index is 0.345. The first kappa shape index (κ1) is 12.1. The molecule has 0 amide bonds. The zero-order valence-corrected chi connectivity index (χ0v) is 9.99. The van der Waals surface area contributed by atoms with Gasteiger partial charge < -0.3 is 5.73 Å². The molecule has 2 aromatic rings. The molecule has 1 aromatic carbocycles. The number of aromatic nitrogens is 2. The monoisotopic (exact) mass is 253 g/mol. The number of nitrogens with zero attached hydrogens (tertiary/aromatic N) is 2. The summed E-state index contributed by atoms with van der Waals surface area (Å²) in [5, 5.41) is 4.55. The van der Waals surface area contributed by atoms with Crippen molar-refractivity contribution < 1.29 is 4.39 Å². The molecule has 3 nitrogen and oxygen atoms in total. The van der Waals surface area contributed by atoms with E-state index in [1.165, 1.54) is 10.7 Å². The molecule has 0 fully saturated rings. The molecule has 0 aliphatic heterocycles. The summed E-state index contributed by atoms with van der Waals surface area (Å²) in [6.45, 7) is 0.598. The molecule has 0 spiro atoms. The lowest BCUT2D eigenvalue weighted by Gasteiger charge is -2.04. The number of benzene rings is 1. The average Bonchev–Trinajstić information content (AvgIpc) is 2.69. The van der Waals surface area contributed by atoms with Crippen LogP contribution in [-0.2, 0) is 6.42 Å². The van der Waals surface area contributed by atoms with Crippen LogP contribution in [-0.4, -0.2) is 16.3 Å². The predicted octanol–water partition coefficient (Wildman–Crippen LogP) is 2.56. The minimum atomic E-state index is -0.345. The summed E-state index contributed by atoms with van der Waals surface area (Å²) in [5.74, 6) is -0.345. The maximum absolute atomic E-state index is 13.6. The Balaban J connectivity index is 2.34. The topological polar surface area (TPSA) is 43.8 Å². The summed E-state index contributed by atoms with van der Waals surface area (Å²) in [7, 11) is 0. The molecule has 0 aliphatic rings. The van der Waals surface area contributed by atoms with Gasteiger partial charge in [-0.25, -0.2) is 9.07 Å². The highest BCUT2D eigenvalue weighted by atomic mass is 35.5. The Kier molecular flexibility index (Phi) is 3.76. The van der Waals surface area contributed by atoms with E-state index < -0.39 is 0 Å². The van der Waals surface area contributed by atoms with E-state index in [9.17, 15) is 4.39 Å². The fourth-order valence-electron chi connectivity index (χ4n) is 1.62. The van der Waals surface area contributed by atoms with Gasteiger partial charge in [0, 0.05) is 5.56 Å². The highest BCUT2D eigenvalue weighted by Crippen LogP contribution is 2.22. The molecule has 5 heteroatoms. The number of hydrogen-bond acceptors (Lipinski definition) is 2. The van der Waals surface area contributed by atoms with Crippen molar-refractivity contribution in [3.63, 3.8) is 0 Å². The number of halogens is 2. The molecule has 0 aliphatic carbocycles.